The Morgan fingerprint density at radius 1 is 1.09 bits per heavy atom. The van der Waals surface area contributed by atoms with Crippen molar-refractivity contribution in [1.82, 2.24) is 0 Å². The molecule has 0 bridgehead atoms. The van der Waals surface area contributed by atoms with Crippen LogP contribution in [0.25, 0.3) is 0 Å². The monoisotopic (exact) mass is 154 g/mol. The second kappa shape index (κ2) is 9.52. The van der Waals surface area contributed by atoms with Gasteiger partial charge >= 0.3 is 0 Å². The summed E-state index contributed by atoms with van der Waals surface area (Å²) < 4.78 is 5.07. The molecule has 0 amide bonds. The fraction of sp³-hybridized carbons (Fsp3) is 0.800. The van der Waals surface area contributed by atoms with Crippen LogP contribution in [0, 0.1) is 11.8 Å². The molecule has 0 saturated heterocycles. The summed E-state index contributed by atoms with van der Waals surface area (Å²) in [6.07, 6.45) is 4.83. The zero-order valence-corrected chi connectivity index (χ0v) is 7.65. The van der Waals surface area contributed by atoms with Gasteiger partial charge in [-0.1, -0.05) is 25.7 Å². The van der Waals surface area contributed by atoms with Gasteiger partial charge in [-0.25, -0.2) is 0 Å². The average molecular weight is 154 g/mol. The molecular formula is C10H18O. The first kappa shape index (κ1) is 10.5. The van der Waals surface area contributed by atoms with Gasteiger partial charge < -0.3 is 4.74 Å². The minimum atomic E-state index is 0.600. The second-order valence-electron chi connectivity index (χ2n) is 2.45. The van der Waals surface area contributed by atoms with Gasteiger partial charge in [-0.15, -0.1) is 5.92 Å². The minimum absolute atomic E-state index is 0.600. The highest BCUT2D eigenvalue weighted by Gasteiger charge is 1.80. The van der Waals surface area contributed by atoms with E-state index in [4.69, 9.17) is 4.74 Å². The average Bonchev–Trinajstić information content (AvgIpc) is 2.03. The molecule has 64 valence electrons. The molecule has 0 aromatic carbocycles. The molecule has 0 spiro atoms. The Bertz CT molecular complexity index is 119. The van der Waals surface area contributed by atoms with Crippen LogP contribution in [0.15, 0.2) is 0 Å². The molecule has 0 unspecified atom stereocenters. The predicted octanol–water partition coefficient (Wildman–Crippen LogP) is 2.61. The summed E-state index contributed by atoms with van der Waals surface area (Å²) in [7, 11) is 0. The Labute approximate surface area is 70.1 Å². The highest BCUT2D eigenvalue weighted by Crippen LogP contribution is 1.96. The molecule has 0 aliphatic rings. The topological polar surface area (TPSA) is 9.23 Å². The summed E-state index contributed by atoms with van der Waals surface area (Å²) in [4.78, 5) is 0. The lowest BCUT2D eigenvalue weighted by molar-refractivity contribution is 0.182. The van der Waals surface area contributed by atoms with Crippen LogP contribution in [-0.4, -0.2) is 13.2 Å². The molecule has 0 aromatic rings. The maximum absolute atomic E-state index is 5.07. The maximum Gasteiger partial charge on any atom is 0.107 e. The number of hydrogen-bond acceptors (Lipinski definition) is 1. The summed E-state index contributed by atoms with van der Waals surface area (Å²) in [6.45, 7) is 5.55. The molecule has 0 rings (SSSR count). The van der Waals surface area contributed by atoms with E-state index in [-0.39, 0.29) is 0 Å². The quantitative estimate of drug-likeness (QED) is 0.437. The zero-order valence-electron chi connectivity index (χ0n) is 7.65. The predicted molar refractivity (Wildman–Crippen MR) is 48.4 cm³/mol. The van der Waals surface area contributed by atoms with E-state index in [2.05, 4.69) is 18.8 Å². The Morgan fingerprint density at radius 2 is 1.91 bits per heavy atom. The first-order valence-electron chi connectivity index (χ1n) is 4.45. The third kappa shape index (κ3) is 9.52. The Morgan fingerprint density at radius 3 is 2.55 bits per heavy atom. The van der Waals surface area contributed by atoms with Gasteiger partial charge in [0.1, 0.15) is 6.61 Å². The van der Waals surface area contributed by atoms with Crippen molar-refractivity contribution in [2.45, 2.75) is 39.5 Å². The van der Waals surface area contributed by atoms with Crippen molar-refractivity contribution < 1.29 is 4.74 Å². The van der Waals surface area contributed by atoms with Gasteiger partial charge in [0.05, 0.1) is 0 Å². The molecular weight excluding hydrogens is 136 g/mol. The summed E-state index contributed by atoms with van der Waals surface area (Å²) in [5, 5.41) is 0. The number of hydrogen-bond donors (Lipinski definition) is 0. The summed E-state index contributed by atoms with van der Waals surface area (Å²) in [6, 6.07) is 0. The molecule has 0 heterocycles. The molecule has 0 saturated carbocycles. The molecule has 0 radical (unpaired) electrons. The lowest BCUT2D eigenvalue weighted by atomic mass is 10.2. The van der Waals surface area contributed by atoms with E-state index in [1.807, 2.05) is 6.92 Å². The summed E-state index contributed by atoms with van der Waals surface area (Å²) in [5.41, 5.74) is 0. The van der Waals surface area contributed by atoms with Crippen LogP contribution in [0.4, 0.5) is 0 Å². The molecule has 0 N–H and O–H groups in total. The van der Waals surface area contributed by atoms with Gasteiger partial charge in [0.25, 0.3) is 0 Å². The largest absolute Gasteiger partial charge is 0.369 e. The van der Waals surface area contributed by atoms with Crippen LogP contribution in [0.5, 0.6) is 0 Å². The first-order valence-corrected chi connectivity index (χ1v) is 4.45. The maximum atomic E-state index is 5.07. The second-order valence-corrected chi connectivity index (χ2v) is 2.45. The van der Waals surface area contributed by atoms with E-state index >= 15 is 0 Å². The molecule has 0 aromatic heterocycles. The molecule has 0 aliphatic heterocycles. The van der Waals surface area contributed by atoms with Crippen molar-refractivity contribution in [2.24, 2.45) is 0 Å². The molecule has 0 atom stereocenters. The van der Waals surface area contributed by atoms with Crippen molar-refractivity contribution in [1.29, 1.82) is 0 Å². The van der Waals surface area contributed by atoms with Gasteiger partial charge in [-0.2, -0.15) is 0 Å². The van der Waals surface area contributed by atoms with E-state index in [1.54, 1.807) is 0 Å². The van der Waals surface area contributed by atoms with Crippen molar-refractivity contribution in [3.8, 4) is 11.8 Å². The summed E-state index contributed by atoms with van der Waals surface area (Å²) in [5.74, 6) is 6.05. The van der Waals surface area contributed by atoms with Crippen molar-refractivity contribution in [2.75, 3.05) is 13.2 Å². The number of ether oxygens (including phenoxy) is 1. The molecule has 0 fully saturated rings. The van der Waals surface area contributed by atoms with E-state index < -0.39 is 0 Å². The van der Waals surface area contributed by atoms with Crippen LogP contribution in [-0.2, 0) is 4.74 Å². The van der Waals surface area contributed by atoms with E-state index in [0.717, 1.165) is 13.0 Å². The minimum Gasteiger partial charge on any atom is -0.369 e. The Kier molecular flexibility index (Phi) is 9.10. The third-order valence-electron chi connectivity index (χ3n) is 1.41. The lowest BCUT2D eigenvalue weighted by Crippen LogP contribution is -1.88. The summed E-state index contributed by atoms with van der Waals surface area (Å²) >= 11 is 0. The fourth-order valence-electron chi connectivity index (χ4n) is 0.756. The van der Waals surface area contributed by atoms with Gasteiger partial charge in [0, 0.05) is 13.0 Å². The smallest absolute Gasteiger partial charge is 0.107 e. The highest BCUT2D eigenvalue weighted by atomic mass is 16.5. The van der Waals surface area contributed by atoms with Crippen LogP contribution < -0.4 is 0 Å². The first-order chi connectivity index (χ1) is 5.41. The van der Waals surface area contributed by atoms with Gasteiger partial charge in [-0.05, 0) is 13.3 Å². The molecule has 11 heavy (non-hydrogen) atoms. The molecule has 0 aliphatic carbocycles. The van der Waals surface area contributed by atoms with Gasteiger partial charge in [0.2, 0.25) is 0 Å². The lowest BCUT2D eigenvalue weighted by Gasteiger charge is -1.90. The van der Waals surface area contributed by atoms with Crippen LogP contribution in [0.3, 0.4) is 0 Å². The van der Waals surface area contributed by atoms with Crippen molar-refractivity contribution >= 4 is 0 Å². The third-order valence-corrected chi connectivity index (χ3v) is 1.41. The Balaban J connectivity index is 2.99. The SMILES string of the molecule is CCCCCC#CCOCC. The van der Waals surface area contributed by atoms with E-state index in [0.29, 0.717) is 6.61 Å². The van der Waals surface area contributed by atoms with Gasteiger partial charge in [0.15, 0.2) is 0 Å². The normalized spacial score (nSPS) is 8.91. The molecule has 1 heteroatoms. The van der Waals surface area contributed by atoms with E-state index in [1.165, 1.54) is 19.3 Å². The fourth-order valence-corrected chi connectivity index (χ4v) is 0.756. The van der Waals surface area contributed by atoms with E-state index in [9.17, 15) is 0 Å². The molecule has 1 nitrogen and oxygen atoms in total. The standard InChI is InChI=1S/C10H18O/c1-3-5-6-7-8-9-10-11-4-2/h3-7,10H2,1-2H3. The van der Waals surface area contributed by atoms with Gasteiger partial charge in [-0.3, -0.25) is 0 Å². The zero-order chi connectivity index (χ0) is 8.36. The number of unbranched alkanes of at least 4 members (excludes halogenated alkanes) is 3. The van der Waals surface area contributed by atoms with Crippen LogP contribution in [0.1, 0.15) is 39.5 Å². The Hall–Kier alpha value is -0.480. The van der Waals surface area contributed by atoms with Crippen LogP contribution in [0.2, 0.25) is 0 Å². The van der Waals surface area contributed by atoms with Crippen LogP contribution >= 0.6 is 0 Å². The highest BCUT2D eigenvalue weighted by molar-refractivity contribution is 4.98. The number of rotatable bonds is 5. The van der Waals surface area contributed by atoms with Crippen molar-refractivity contribution in [3.63, 3.8) is 0 Å². The van der Waals surface area contributed by atoms with Crippen molar-refractivity contribution in [3.05, 3.63) is 0 Å².